The van der Waals surface area contributed by atoms with Crippen molar-refractivity contribution in [2.75, 3.05) is 5.32 Å². The molecule has 1 N–H and O–H groups in total. The van der Waals surface area contributed by atoms with Crippen molar-refractivity contribution < 1.29 is 18.1 Å². The van der Waals surface area contributed by atoms with Crippen LogP contribution < -0.4 is 5.32 Å². The fourth-order valence-electron chi connectivity index (χ4n) is 1.89. The molecule has 2 aromatic carbocycles. The van der Waals surface area contributed by atoms with Crippen molar-refractivity contribution in [1.82, 2.24) is 0 Å². The molecule has 0 aliphatic heterocycles. The summed E-state index contributed by atoms with van der Waals surface area (Å²) in [5, 5.41) is 13.5. The molecular formula is C14H11F3N2O2. The molecule has 0 amide bonds. The van der Waals surface area contributed by atoms with Crippen LogP contribution in [0.5, 0.6) is 0 Å². The van der Waals surface area contributed by atoms with Gasteiger partial charge in [0.25, 0.3) is 5.69 Å². The van der Waals surface area contributed by atoms with Crippen molar-refractivity contribution in [3.8, 4) is 0 Å². The number of benzene rings is 2. The molecule has 2 aromatic rings. The molecule has 0 radical (unpaired) electrons. The summed E-state index contributed by atoms with van der Waals surface area (Å²) in [4.78, 5) is 10.2. The highest BCUT2D eigenvalue weighted by molar-refractivity contribution is 5.63. The minimum absolute atomic E-state index is 0.292. The Hall–Kier alpha value is -2.57. The maximum absolute atomic E-state index is 13.7. The quantitative estimate of drug-likeness (QED) is 0.680. The Morgan fingerprint density at radius 2 is 1.81 bits per heavy atom. The maximum atomic E-state index is 13.7. The van der Waals surface area contributed by atoms with Gasteiger partial charge in [-0.05, 0) is 30.7 Å². The number of nitrogens with zero attached hydrogens (tertiary/aromatic N) is 1. The van der Waals surface area contributed by atoms with Crippen LogP contribution in [0.25, 0.3) is 0 Å². The summed E-state index contributed by atoms with van der Waals surface area (Å²) < 4.78 is 39.8. The molecule has 0 saturated heterocycles. The Morgan fingerprint density at radius 3 is 2.43 bits per heavy atom. The first kappa shape index (κ1) is 14.8. The van der Waals surface area contributed by atoms with Gasteiger partial charge in [-0.15, -0.1) is 0 Å². The van der Waals surface area contributed by atoms with E-state index >= 15 is 0 Å². The third-order valence-corrected chi connectivity index (χ3v) is 2.99. The van der Waals surface area contributed by atoms with Crippen LogP contribution in [0, 0.1) is 27.6 Å². The van der Waals surface area contributed by atoms with Gasteiger partial charge in [-0.25, -0.2) is 13.2 Å². The fraction of sp³-hybridized carbons (Fsp3) is 0.143. The molecule has 4 nitrogen and oxygen atoms in total. The van der Waals surface area contributed by atoms with Gasteiger partial charge in [-0.2, -0.15) is 0 Å². The molecule has 0 bridgehead atoms. The van der Waals surface area contributed by atoms with Gasteiger partial charge in [0.05, 0.1) is 4.92 Å². The lowest BCUT2D eigenvalue weighted by molar-refractivity contribution is -0.384. The monoisotopic (exact) mass is 296 g/mol. The summed E-state index contributed by atoms with van der Waals surface area (Å²) in [5.74, 6) is -2.83. The first-order chi connectivity index (χ1) is 9.90. The minimum Gasteiger partial charge on any atom is -0.371 e. The smallest absolute Gasteiger partial charge is 0.295 e. The zero-order valence-corrected chi connectivity index (χ0v) is 10.9. The Labute approximate surface area is 118 Å². The number of hydrogen-bond donors (Lipinski definition) is 1. The number of nitrogens with one attached hydrogen (secondary N) is 1. The number of rotatable bonds is 4. The van der Waals surface area contributed by atoms with Gasteiger partial charge in [0.2, 0.25) is 0 Å². The fourth-order valence-corrected chi connectivity index (χ4v) is 1.89. The molecule has 0 aliphatic carbocycles. The van der Waals surface area contributed by atoms with Crippen LogP contribution in [0.3, 0.4) is 0 Å². The normalized spacial score (nSPS) is 12.0. The van der Waals surface area contributed by atoms with Crippen molar-refractivity contribution in [3.63, 3.8) is 0 Å². The van der Waals surface area contributed by atoms with Gasteiger partial charge >= 0.3 is 0 Å². The van der Waals surface area contributed by atoms with E-state index < -0.39 is 34.1 Å². The molecule has 21 heavy (non-hydrogen) atoms. The van der Waals surface area contributed by atoms with Gasteiger partial charge in [0, 0.05) is 12.1 Å². The lowest BCUT2D eigenvalue weighted by Crippen LogP contribution is -2.10. The van der Waals surface area contributed by atoms with Gasteiger partial charge in [0.15, 0.2) is 17.5 Å². The molecule has 0 fully saturated rings. The van der Waals surface area contributed by atoms with Crippen molar-refractivity contribution in [3.05, 3.63) is 69.5 Å². The predicted molar refractivity (Wildman–Crippen MR) is 71.5 cm³/mol. The Morgan fingerprint density at radius 1 is 1.10 bits per heavy atom. The predicted octanol–water partition coefficient (Wildman–Crippen LogP) is 4.19. The van der Waals surface area contributed by atoms with Crippen LogP contribution in [0.1, 0.15) is 18.5 Å². The summed E-state index contributed by atoms with van der Waals surface area (Å²) in [6.45, 7) is 1.56. The van der Waals surface area contributed by atoms with Gasteiger partial charge in [-0.3, -0.25) is 10.1 Å². The first-order valence-electron chi connectivity index (χ1n) is 6.04. The first-order valence-corrected chi connectivity index (χ1v) is 6.04. The van der Waals surface area contributed by atoms with Crippen molar-refractivity contribution in [2.24, 2.45) is 0 Å². The molecule has 0 spiro atoms. The van der Waals surface area contributed by atoms with Crippen molar-refractivity contribution in [2.45, 2.75) is 13.0 Å². The standard InChI is InChI=1S/C14H11F3N2O2/c1-8(9-5-6-10(15)12(17)7-9)18-14-11(16)3-2-4-13(14)19(20)21/h2-8,18H,1H3. The summed E-state index contributed by atoms with van der Waals surface area (Å²) in [6, 6.07) is 6.04. The number of hydrogen-bond acceptors (Lipinski definition) is 3. The van der Waals surface area contributed by atoms with Crippen LogP contribution in [0.15, 0.2) is 36.4 Å². The Kier molecular flexibility index (Phi) is 4.11. The van der Waals surface area contributed by atoms with Crippen LogP contribution in [-0.2, 0) is 0 Å². The molecule has 1 atom stereocenters. The lowest BCUT2D eigenvalue weighted by atomic mass is 10.1. The van der Waals surface area contributed by atoms with Crippen LogP contribution >= 0.6 is 0 Å². The average molecular weight is 296 g/mol. The van der Waals surface area contributed by atoms with Gasteiger partial charge < -0.3 is 5.32 Å². The Balaban J connectivity index is 2.33. The van der Waals surface area contributed by atoms with Crippen molar-refractivity contribution >= 4 is 11.4 Å². The van der Waals surface area contributed by atoms with E-state index in [2.05, 4.69) is 5.32 Å². The third kappa shape index (κ3) is 3.13. The SMILES string of the molecule is CC(Nc1c(F)cccc1[N+](=O)[O-])c1ccc(F)c(F)c1. The van der Waals surface area contributed by atoms with E-state index in [1.807, 2.05) is 0 Å². The van der Waals surface area contributed by atoms with E-state index in [0.717, 1.165) is 24.3 Å². The highest BCUT2D eigenvalue weighted by atomic mass is 19.2. The molecule has 0 saturated carbocycles. The molecule has 7 heteroatoms. The maximum Gasteiger partial charge on any atom is 0.295 e. The van der Waals surface area contributed by atoms with E-state index in [9.17, 15) is 23.3 Å². The second-order valence-electron chi connectivity index (χ2n) is 4.43. The highest BCUT2D eigenvalue weighted by Gasteiger charge is 2.20. The second-order valence-corrected chi connectivity index (χ2v) is 4.43. The molecular weight excluding hydrogens is 285 g/mol. The molecule has 0 aromatic heterocycles. The van der Waals surface area contributed by atoms with E-state index in [4.69, 9.17) is 0 Å². The summed E-state index contributed by atoms with van der Waals surface area (Å²) >= 11 is 0. The third-order valence-electron chi connectivity index (χ3n) is 2.99. The van der Waals surface area contributed by atoms with E-state index in [1.54, 1.807) is 6.92 Å². The van der Waals surface area contributed by atoms with Crippen LogP contribution in [0.2, 0.25) is 0 Å². The Bertz CT molecular complexity index is 692. The minimum atomic E-state index is -1.04. The summed E-state index contributed by atoms with van der Waals surface area (Å²) in [7, 11) is 0. The average Bonchev–Trinajstić information content (AvgIpc) is 2.43. The van der Waals surface area contributed by atoms with Crippen molar-refractivity contribution in [1.29, 1.82) is 0 Å². The lowest BCUT2D eigenvalue weighted by Gasteiger charge is -2.16. The van der Waals surface area contributed by atoms with Crippen LogP contribution in [0.4, 0.5) is 24.5 Å². The zero-order valence-electron chi connectivity index (χ0n) is 10.9. The molecule has 0 aliphatic rings. The zero-order chi connectivity index (χ0) is 15.6. The number of halogens is 3. The second kappa shape index (κ2) is 5.82. The topological polar surface area (TPSA) is 55.2 Å². The van der Waals surface area contributed by atoms with Gasteiger partial charge in [0.1, 0.15) is 5.69 Å². The largest absolute Gasteiger partial charge is 0.371 e. The molecule has 2 rings (SSSR count). The van der Waals surface area contributed by atoms with Crippen LogP contribution in [-0.4, -0.2) is 4.92 Å². The number of para-hydroxylation sites is 1. The van der Waals surface area contributed by atoms with E-state index in [0.29, 0.717) is 5.56 Å². The van der Waals surface area contributed by atoms with Gasteiger partial charge in [-0.1, -0.05) is 12.1 Å². The number of anilines is 1. The molecule has 0 heterocycles. The van der Waals surface area contributed by atoms with E-state index in [1.165, 1.54) is 12.1 Å². The summed E-state index contributed by atoms with van der Waals surface area (Å²) in [6.07, 6.45) is 0. The highest BCUT2D eigenvalue weighted by Crippen LogP contribution is 2.30. The number of nitro groups is 1. The number of nitro benzene ring substituents is 1. The summed E-state index contributed by atoms with van der Waals surface area (Å²) in [5.41, 5.74) is -0.379. The molecule has 110 valence electrons. The molecule has 1 unspecified atom stereocenters. The van der Waals surface area contributed by atoms with E-state index in [-0.39, 0.29) is 5.69 Å².